The van der Waals surface area contributed by atoms with Crippen LogP contribution < -0.4 is 50.5 Å². The van der Waals surface area contributed by atoms with Crippen LogP contribution in [-0.4, -0.2) is 221 Å². The number of carbonyl (C=O) groups excluding carboxylic acids is 4. The number of nitrogens with zero attached hydrogens (tertiary/aromatic N) is 4. The quantitative estimate of drug-likeness (QED) is 0.0242. The number of carbonyl (C=O) groups is 6. The first-order valence-electron chi connectivity index (χ1n) is 31.8. The van der Waals surface area contributed by atoms with Crippen molar-refractivity contribution in [3.05, 3.63) is 142 Å². The lowest BCUT2D eigenvalue weighted by atomic mass is 9.89. The molecule has 2 aliphatic heterocycles. The van der Waals surface area contributed by atoms with Crippen molar-refractivity contribution in [2.75, 3.05) is 185 Å². The van der Waals surface area contributed by atoms with Gasteiger partial charge in [-0.1, -0.05) is 12.1 Å². The number of fused-ring (bicyclic) bond motifs is 4. The number of carboxylic acid groups (broad SMARTS) is 4. The maximum Gasteiger partial charge on any atom is 0.305 e. The number of amides is 2. The van der Waals surface area contributed by atoms with Gasteiger partial charge in [0.25, 0.3) is 11.8 Å². The maximum atomic E-state index is 13.2. The number of anilines is 2. The number of rotatable bonds is 38. The highest BCUT2D eigenvalue weighted by molar-refractivity contribution is 6.11. The fourth-order valence-electron chi connectivity index (χ4n) is 10.1. The van der Waals surface area contributed by atoms with E-state index < -0.39 is 29.8 Å². The number of hydrogen-bond acceptors (Lipinski definition) is 20. The molecule has 2 aliphatic carbocycles. The zero-order valence-corrected chi connectivity index (χ0v) is 56.6. The fourth-order valence-corrected chi connectivity index (χ4v) is 10.1. The maximum absolute atomic E-state index is 13.2. The Hall–Kier alpha value is -9.64. The van der Waals surface area contributed by atoms with Gasteiger partial charge < -0.3 is 97.2 Å². The minimum atomic E-state index is -1.40. The molecule has 26 heteroatoms. The molecule has 0 fully saturated rings. The number of nitrogens with one attached hydrogen (secondary N) is 2. The lowest BCUT2D eigenvalue weighted by Crippen LogP contribution is -2.29. The molecule has 2 heterocycles. The summed E-state index contributed by atoms with van der Waals surface area (Å²) in [4.78, 5) is 75.8. The van der Waals surface area contributed by atoms with Gasteiger partial charge in [0, 0.05) is 132 Å². The third kappa shape index (κ3) is 22.2. The summed E-state index contributed by atoms with van der Waals surface area (Å²) in [5, 5.41) is 50.8. The number of hydrogen-bond donors (Lipinski definition) is 4. The monoisotopic (exact) mass is 1350 g/mol. The normalized spacial score (nSPS) is 11.2. The van der Waals surface area contributed by atoms with Gasteiger partial charge >= 0.3 is 11.9 Å². The lowest BCUT2D eigenvalue weighted by Gasteiger charge is -2.20. The molecule has 0 saturated heterocycles. The van der Waals surface area contributed by atoms with E-state index in [1.165, 1.54) is 18.2 Å². The van der Waals surface area contributed by atoms with E-state index in [0.29, 0.717) is 135 Å². The van der Waals surface area contributed by atoms with Gasteiger partial charge in [-0.05, 0) is 71.8 Å². The molecule has 4 N–H and O–H groups in total. The van der Waals surface area contributed by atoms with Crippen molar-refractivity contribution in [3.63, 3.8) is 0 Å². The number of benzene rings is 6. The Morgan fingerprint density at radius 2 is 0.765 bits per heavy atom. The smallest absolute Gasteiger partial charge is 0.305 e. The van der Waals surface area contributed by atoms with Gasteiger partial charge in [-0.2, -0.15) is 0 Å². The summed E-state index contributed by atoms with van der Waals surface area (Å²) in [5.74, 6) is -4.24. The Morgan fingerprint density at radius 3 is 1.14 bits per heavy atom. The Balaban J connectivity index is 0.000000276. The summed E-state index contributed by atoms with van der Waals surface area (Å²) < 4.78 is 59.5. The minimum Gasteiger partial charge on any atom is -0.545 e. The highest BCUT2D eigenvalue weighted by atomic mass is 16.6. The Labute approximate surface area is 567 Å². The molecule has 0 atom stereocenters. The lowest BCUT2D eigenvalue weighted by molar-refractivity contribution is -0.256. The second-order valence-corrected chi connectivity index (χ2v) is 23.0. The molecule has 0 bridgehead atoms. The summed E-state index contributed by atoms with van der Waals surface area (Å²) in [6, 6.07) is 32.0. The molecule has 2 amide bonds. The zero-order valence-electron chi connectivity index (χ0n) is 56.6. The van der Waals surface area contributed by atoms with Gasteiger partial charge in [0.2, 0.25) is 10.7 Å². The van der Waals surface area contributed by atoms with E-state index in [1.54, 1.807) is 18.2 Å². The van der Waals surface area contributed by atoms with E-state index in [0.717, 1.165) is 33.0 Å². The second kappa shape index (κ2) is 38.3. The van der Waals surface area contributed by atoms with Crippen molar-refractivity contribution in [3.8, 4) is 44.9 Å². The minimum absolute atomic E-state index is 0.0389. The van der Waals surface area contributed by atoms with Crippen molar-refractivity contribution in [1.29, 1.82) is 0 Å². The van der Waals surface area contributed by atoms with E-state index in [-0.39, 0.29) is 80.5 Å². The van der Waals surface area contributed by atoms with Gasteiger partial charge in [-0.15, -0.1) is 0 Å². The van der Waals surface area contributed by atoms with E-state index in [2.05, 4.69) is 10.6 Å². The van der Waals surface area contributed by atoms with Crippen LogP contribution >= 0.6 is 0 Å². The molecule has 4 aromatic carbocycles. The van der Waals surface area contributed by atoms with E-state index in [1.807, 2.05) is 148 Å². The van der Waals surface area contributed by atoms with Crippen LogP contribution in [0.4, 0.5) is 11.4 Å². The van der Waals surface area contributed by atoms with E-state index >= 15 is 0 Å². The standard InChI is InChI=1S/2C36H43N3O10/c1-38(2)25-6-9-28-31(22-25)49-32-23-26(39(3)4)7-10-29(32)34(28)30-21-24(5-8-27(30)36(43)44)35(42)37-12-14-46-16-18-48-20-19-47-17-15-45-13-11-33(40)41;1-38(2)25-6-9-28-31(22-25)49-32-23-26(39(3)4)7-10-29(32)34(28)27-8-5-24(21-30(27)36(43)44)35(42)37-12-14-46-16-18-48-20-19-47-17-15-45-13-11-33(40)41/h2*5-10,21-23H,11-20H2,1-4H3,(H2-,37,40,41,42,43,44). The molecule has 4 aromatic rings. The zero-order chi connectivity index (χ0) is 70.7. The highest BCUT2D eigenvalue weighted by Crippen LogP contribution is 2.44. The van der Waals surface area contributed by atoms with Crippen LogP contribution in [0.1, 0.15) is 54.3 Å². The molecule has 0 spiro atoms. The molecule has 8 rings (SSSR count). The number of aromatic carboxylic acids is 2. The molecule has 0 radical (unpaired) electrons. The topological polar surface area (TPSA) is 326 Å². The summed E-state index contributed by atoms with van der Waals surface area (Å²) >= 11 is 0. The molecule has 0 unspecified atom stereocenters. The van der Waals surface area contributed by atoms with Crippen molar-refractivity contribution in [2.45, 2.75) is 12.8 Å². The molecule has 98 heavy (non-hydrogen) atoms. The first-order chi connectivity index (χ1) is 47.1. The molecule has 0 saturated carbocycles. The Kier molecular flexibility index (Phi) is 29.6. The second-order valence-electron chi connectivity index (χ2n) is 23.0. The largest absolute Gasteiger partial charge is 0.545 e. The van der Waals surface area contributed by atoms with Gasteiger partial charge in [0.1, 0.15) is 50.9 Å². The van der Waals surface area contributed by atoms with Gasteiger partial charge in [-0.3, -0.25) is 19.2 Å². The van der Waals surface area contributed by atoms with Crippen LogP contribution in [-0.2, 0) is 47.5 Å². The third-order valence-electron chi connectivity index (χ3n) is 15.2. The Bertz CT molecular complexity index is 4120. The van der Waals surface area contributed by atoms with Crippen LogP contribution in [0, 0.1) is 0 Å². The van der Waals surface area contributed by atoms with Crippen LogP contribution in [0.2, 0.25) is 0 Å². The number of aliphatic carboxylic acids is 2. The average molecular weight is 1360 g/mol. The molecular formula is C72H86N6O20. The summed E-state index contributed by atoms with van der Waals surface area (Å²) in [6.45, 7) is 5.35. The van der Waals surface area contributed by atoms with Crippen LogP contribution in [0.15, 0.2) is 118 Å². The van der Waals surface area contributed by atoms with Crippen molar-refractivity contribution >= 4 is 69.0 Å². The first-order valence-corrected chi connectivity index (χ1v) is 31.8. The van der Waals surface area contributed by atoms with Gasteiger partial charge in [0.05, 0.1) is 143 Å². The SMILES string of the molecule is CN(C)c1ccc2c(-c3cc(C(=O)NCCOCCOCCOCCOCCC(=O)O)ccc3C(=O)[O-])c3ccc(=[N+](C)C)cc-3oc2c1.CN(C)c1ccc2c(-c3ccc(C(=O)NCCOCCOCCOCCOCCC(=O)O)cc3C(=O)[O-])c3ccc(=[N+](C)C)cc-3oc2c1. The predicted molar refractivity (Wildman–Crippen MR) is 364 cm³/mol. The molecule has 4 aliphatic rings. The molecule has 26 nitrogen and oxygen atoms in total. The summed E-state index contributed by atoms with van der Waals surface area (Å²) in [5.41, 5.74) is 6.77. The molecular weight excluding hydrogens is 1270 g/mol. The van der Waals surface area contributed by atoms with Crippen molar-refractivity contribution in [2.24, 2.45) is 0 Å². The van der Waals surface area contributed by atoms with Gasteiger partial charge in [0.15, 0.2) is 0 Å². The average Bonchev–Trinajstić information content (AvgIpc) is 0.753. The van der Waals surface area contributed by atoms with Crippen molar-refractivity contribution < 1.29 is 95.9 Å². The van der Waals surface area contributed by atoms with Crippen molar-refractivity contribution in [1.82, 2.24) is 19.8 Å². The highest BCUT2D eigenvalue weighted by Gasteiger charge is 2.25. The number of ether oxygens (including phenoxy) is 8. The summed E-state index contributed by atoms with van der Waals surface area (Å²) in [6.07, 6.45) is -0.0788. The Morgan fingerprint density at radius 1 is 0.408 bits per heavy atom. The summed E-state index contributed by atoms with van der Waals surface area (Å²) in [7, 11) is 15.4. The van der Waals surface area contributed by atoms with E-state index in [9.17, 15) is 39.0 Å². The molecule has 524 valence electrons. The fraction of sp³-hybridized carbons (Fsp3) is 0.389. The predicted octanol–water partition coefficient (Wildman–Crippen LogP) is 3.87. The van der Waals surface area contributed by atoms with E-state index in [4.69, 9.17) is 56.9 Å². The number of carboxylic acids is 4. The first kappa shape index (κ1) is 75.7. The molecule has 0 aromatic heterocycles. The van der Waals surface area contributed by atoms with Gasteiger partial charge in [-0.25, -0.2) is 9.15 Å². The third-order valence-corrected chi connectivity index (χ3v) is 15.2. The van der Waals surface area contributed by atoms with Crippen LogP contribution in [0.3, 0.4) is 0 Å². The van der Waals surface area contributed by atoms with Crippen LogP contribution in [0.25, 0.3) is 66.8 Å². The van der Waals surface area contributed by atoms with Crippen LogP contribution in [0.5, 0.6) is 0 Å².